The molecular formula is C13H18N2O. The van der Waals surface area contributed by atoms with Crippen LogP contribution < -0.4 is 0 Å². The molecule has 1 saturated heterocycles. The van der Waals surface area contributed by atoms with Gasteiger partial charge in [-0.1, -0.05) is 35.5 Å². The molecule has 0 spiro atoms. The molecule has 0 amide bonds. The van der Waals surface area contributed by atoms with E-state index in [0.717, 1.165) is 32.5 Å². The maximum absolute atomic E-state index is 4.80. The predicted molar refractivity (Wildman–Crippen MR) is 65.4 cm³/mol. The van der Waals surface area contributed by atoms with Crippen LogP contribution in [0.15, 0.2) is 35.5 Å². The number of hydrogen-bond donors (Lipinski definition) is 0. The Morgan fingerprint density at radius 1 is 1.19 bits per heavy atom. The van der Waals surface area contributed by atoms with E-state index in [1.54, 1.807) is 7.11 Å². The molecule has 1 aromatic carbocycles. The molecule has 16 heavy (non-hydrogen) atoms. The van der Waals surface area contributed by atoms with Gasteiger partial charge in [-0.25, -0.2) is 0 Å². The van der Waals surface area contributed by atoms with Crippen LogP contribution in [-0.4, -0.2) is 30.8 Å². The fourth-order valence-electron chi connectivity index (χ4n) is 2.03. The van der Waals surface area contributed by atoms with Gasteiger partial charge in [0.1, 0.15) is 7.11 Å². The summed E-state index contributed by atoms with van der Waals surface area (Å²) in [6.07, 6.45) is 2.06. The van der Waals surface area contributed by atoms with Gasteiger partial charge in [0.25, 0.3) is 0 Å². The molecule has 1 heterocycles. The number of nitrogens with zero attached hydrogens (tertiary/aromatic N) is 2. The summed E-state index contributed by atoms with van der Waals surface area (Å²) in [6.45, 7) is 3.20. The van der Waals surface area contributed by atoms with Gasteiger partial charge in [0.15, 0.2) is 0 Å². The van der Waals surface area contributed by atoms with Gasteiger partial charge in [0.2, 0.25) is 0 Å². The molecule has 1 fully saturated rings. The first-order valence-electron chi connectivity index (χ1n) is 5.73. The van der Waals surface area contributed by atoms with Crippen LogP contribution in [-0.2, 0) is 11.4 Å². The van der Waals surface area contributed by atoms with Gasteiger partial charge in [-0.05, 0) is 5.56 Å². The average molecular weight is 218 g/mol. The Morgan fingerprint density at radius 2 is 1.88 bits per heavy atom. The summed E-state index contributed by atoms with van der Waals surface area (Å²) in [5, 5.41) is 4.02. The molecule has 86 valence electrons. The van der Waals surface area contributed by atoms with Crippen molar-refractivity contribution in [3.05, 3.63) is 35.9 Å². The Morgan fingerprint density at radius 3 is 2.50 bits per heavy atom. The van der Waals surface area contributed by atoms with E-state index < -0.39 is 0 Å². The van der Waals surface area contributed by atoms with Crippen LogP contribution >= 0.6 is 0 Å². The van der Waals surface area contributed by atoms with Crippen molar-refractivity contribution in [2.24, 2.45) is 5.16 Å². The third kappa shape index (κ3) is 3.07. The van der Waals surface area contributed by atoms with E-state index in [1.807, 2.05) is 0 Å². The third-order valence-corrected chi connectivity index (χ3v) is 2.90. The summed E-state index contributed by atoms with van der Waals surface area (Å²) < 4.78 is 0. The van der Waals surface area contributed by atoms with Crippen molar-refractivity contribution >= 4 is 5.71 Å². The number of likely N-dealkylation sites (tertiary alicyclic amines) is 1. The van der Waals surface area contributed by atoms with Gasteiger partial charge in [0.05, 0.1) is 5.71 Å². The van der Waals surface area contributed by atoms with Crippen molar-refractivity contribution in [2.45, 2.75) is 19.4 Å². The summed E-state index contributed by atoms with van der Waals surface area (Å²) in [5.74, 6) is 0. The SMILES string of the molecule is CON=C1CCN(Cc2ccccc2)CC1. The largest absolute Gasteiger partial charge is 0.399 e. The molecule has 0 radical (unpaired) electrons. The van der Waals surface area contributed by atoms with Crippen molar-refractivity contribution < 1.29 is 4.84 Å². The first-order chi connectivity index (χ1) is 7.88. The minimum atomic E-state index is 1.03. The van der Waals surface area contributed by atoms with Gasteiger partial charge in [-0.15, -0.1) is 0 Å². The van der Waals surface area contributed by atoms with Crippen LogP contribution in [0.1, 0.15) is 18.4 Å². The maximum Gasteiger partial charge on any atom is 0.106 e. The minimum absolute atomic E-state index is 1.03. The van der Waals surface area contributed by atoms with E-state index in [-0.39, 0.29) is 0 Å². The highest BCUT2D eigenvalue weighted by Gasteiger charge is 2.15. The van der Waals surface area contributed by atoms with E-state index in [4.69, 9.17) is 4.84 Å². The van der Waals surface area contributed by atoms with Crippen LogP contribution in [0.4, 0.5) is 0 Å². The Labute approximate surface area is 96.7 Å². The lowest BCUT2D eigenvalue weighted by molar-refractivity contribution is 0.204. The van der Waals surface area contributed by atoms with Crippen LogP contribution in [0.2, 0.25) is 0 Å². The molecule has 0 saturated carbocycles. The fraction of sp³-hybridized carbons (Fsp3) is 0.462. The zero-order chi connectivity index (χ0) is 11.2. The molecule has 0 bridgehead atoms. The molecule has 0 aromatic heterocycles. The molecule has 3 heteroatoms. The molecule has 1 aromatic rings. The lowest BCUT2D eigenvalue weighted by Crippen LogP contribution is -2.33. The third-order valence-electron chi connectivity index (χ3n) is 2.90. The highest BCUT2D eigenvalue weighted by molar-refractivity contribution is 5.84. The Hall–Kier alpha value is -1.35. The Balaban J connectivity index is 1.84. The first kappa shape index (κ1) is 11.1. The molecular weight excluding hydrogens is 200 g/mol. The van der Waals surface area contributed by atoms with Crippen molar-refractivity contribution in [1.29, 1.82) is 0 Å². The summed E-state index contributed by atoms with van der Waals surface area (Å²) in [5.41, 5.74) is 2.57. The molecule has 0 aliphatic carbocycles. The predicted octanol–water partition coefficient (Wildman–Crippen LogP) is 2.28. The standard InChI is InChI=1S/C13H18N2O/c1-16-14-13-7-9-15(10-8-13)11-12-5-3-2-4-6-12/h2-6H,7-11H2,1H3. The molecule has 3 nitrogen and oxygen atoms in total. The van der Waals surface area contributed by atoms with Crippen molar-refractivity contribution in [3.8, 4) is 0 Å². The monoisotopic (exact) mass is 218 g/mol. The molecule has 0 unspecified atom stereocenters. The zero-order valence-electron chi connectivity index (χ0n) is 9.72. The second-order valence-electron chi connectivity index (χ2n) is 4.10. The maximum atomic E-state index is 4.80. The number of oxime groups is 1. The lowest BCUT2D eigenvalue weighted by Gasteiger charge is -2.27. The summed E-state index contributed by atoms with van der Waals surface area (Å²) in [7, 11) is 1.61. The zero-order valence-corrected chi connectivity index (χ0v) is 9.72. The van der Waals surface area contributed by atoms with E-state index in [1.165, 1.54) is 11.3 Å². The molecule has 0 N–H and O–H groups in total. The van der Waals surface area contributed by atoms with Crippen molar-refractivity contribution in [3.63, 3.8) is 0 Å². The van der Waals surface area contributed by atoms with Crippen LogP contribution in [0.5, 0.6) is 0 Å². The van der Waals surface area contributed by atoms with E-state index in [9.17, 15) is 0 Å². The Bertz CT molecular complexity index is 338. The highest BCUT2D eigenvalue weighted by atomic mass is 16.6. The number of benzene rings is 1. The minimum Gasteiger partial charge on any atom is -0.399 e. The van der Waals surface area contributed by atoms with Gasteiger partial charge in [-0.2, -0.15) is 0 Å². The quantitative estimate of drug-likeness (QED) is 0.727. The van der Waals surface area contributed by atoms with Gasteiger partial charge in [0, 0.05) is 32.5 Å². The van der Waals surface area contributed by atoms with E-state index >= 15 is 0 Å². The van der Waals surface area contributed by atoms with Crippen LogP contribution in [0, 0.1) is 0 Å². The van der Waals surface area contributed by atoms with Gasteiger partial charge >= 0.3 is 0 Å². The summed E-state index contributed by atoms with van der Waals surface area (Å²) in [4.78, 5) is 7.27. The van der Waals surface area contributed by atoms with Crippen molar-refractivity contribution in [2.75, 3.05) is 20.2 Å². The van der Waals surface area contributed by atoms with E-state index in [2.05, 4.69) is 40.4 Å². The number of rotatable bonds is 3. The molecule has 0 atom stereocenters. The molecule has 1 aliphatic heterocycles. The van der Waals surface area contributed by atoms with Crippen LogP contribution in [0.3, 0.4) is 0 Å². The fourth-order valence-corrected chi connectivity index (χ4v) is 2.03. The van der Waals surface area contributed by atoms with Crippen molar-refractivity contribution in [1.82, 2.24) is 4.90 Å². The summed E-state index contributed by atoms with van der Waals surface area (Å²) >= 11 is 0. The number of hydrogen-bond acceptors (Lipinski definition) is 3. The second-order valence-corrected chi connectivity index (χ2v) is 4.10. The molecule has 1 aliphatic rings. The average Bonchev–Trinajstić information content (AvgIpc) is 2.33. The highest BCUT2D eigenvalue weighted by Crippen LogP contribution is 2.11. The first-order valence-corrected chi connectivity index (χ1v) is 5.73. The van der Waals surface area contributed by atoms with Gasteiger partial charge < -0.3 is 4.84 Å². The second kappa shape index (κ2) is 5.66. The molecule has 2 rings (SSSR count). The van der Waals surface area contributed by atoms with Gasteiger partial charge in [-0.3, -0.25) is 4.90 Å². The lowest BCUT2D eigenvalue weighted by atomic mass is 10.1. The number of piperidine rings is 1. The normalized spacial score (nSPS) is 17.2. The van der Waals surface area contributed by atoms with Crippen LogP contribution in [0.25, 0.3) is 0 Å². The Kier molecular flexibility index (Phi) is 3.94. The topological polar surface area (TPSA) is 24.8 Å². The van der Waals surface area contributed by atoms with E-state index in [0.29, 0.717) is 0 Å². The smallest absolute Gasteiger partial charge is 0.106 e. The summed E-state index contributed by atoms with van der Waals surface area (Å²) in [6, 6.07) is 10.6.